The molecule has 0 spiro atoms. The van der Waals surface area contributed by atoms with E-state index in [0.717, 1.165) is 5.56 Å². The average molecular weight is 590 g/mol. The molecule has 0 saturated heterocycles. The maximum Gasteiger partial charge on any atom is 0.326 e. The normalized spacial score (nSPS) is 15.0. The summed E-state index contributed by atoms with van der Waals surface area (Å²) >= 11 is 11.8. The van der Waals surface area contributed by atoms with E-state index in [4.69, 9.17) is 23.2 Å². The topological polar surface area (TPSA) is 113 Å². The number of nitrogens with one attached hydrogen (secondary N) is 2. The van der Waals surface area contributed by atoms with Gasteiger partial charge in [0, 0.05) is 28.6 Å². The number of amides is 1. The predicted molar refractivity (Wildman–Crippen MR) is 152 cm³/mol. The van der Waals surface area contributed by atoms with Crippen LogP contribution in [0.1, 0.15) is 65.1 Å². The lowest BCUT2D eigenvalue weighted by Gasteiger charge is -2.22. The molecular weight excluding hydrogens is 559 g/mol. The van der Waals surface area contributed by atoms with Crippen LogP contribution in [-0.4, -0.2) is 31.4 Å². The summed E-state index contributed by atoms with van der Waals surface area (Å²) in [6, 6.07) is 17.2. The van der Waals surface area contributed by atoms with E-state index in [1.165, 1.54) is 68.0 Å². The van der Waals surface area contributed by atoms with Crippen LogP contribution in [-0.2, 0) is 27.8 Å². The van der Waals surface area contributed by atoms with Crippen LogP contribution in [0.2, 0.25) is 10.0 Å². The van der Waals surface area contributed by atoms with Crippen LogP contribution in [0.4, 0.5) is 0 Å². The van der Waals surface area contributed by atoms with Crippen molar-refractivity contribution in [1.82, 2.24) is 10.0 Å². The summed E-state index contributed by atoms with van der Waals surface area (Å²) in [6.07, 6.45) is 6.32. The molecule has 1 atom stereocenters. The molecule has 10 heteroatoms. The third kappa shape index (κ3) is 8.05. The minimum Gasteiger partial charge on any atom is -0.480 e. The second kappa shape index (κ2) is 13.0. The van der Waals surface area contributed by atoms with Crippen molar-refractivity contribution in [1.29, 1.82) is 0 Å². The number of hydrogen-bond donors (Lipinski definition) is 3. The molecule has 0 unspecified atom stereocenters. The molecule has 3 N–H and O–H groups in total. The van der Waals surface area contributed by atoms with E-state index in [-0.39, 0.29) is 33.5 Å². The van der Waals surface area contributed by atoms with Crippen LogP contribution in [0.15, 0.2) is 71.6 Å². The summed E-state index contributed by atoms with van der Waals surface area (Å²) in [5, 5.41) is 12.7. The van der Waals surface area contributed by atoms with Crippen molar-refractivity contribution in [3.8, 4) is 0 Å². The highest BCUT2D eigenvalue weighted by atomic mass is 35.5. The van der Waals surface area contributed by atoms with Crippen LogP contribution >= 0.6 is 23.2 Å². The Morgan fingerprint density at radius 1 is 0.872 bits per heavy atom. The molecule has 0 bridgehead atoms. The highest BCUT2D eigenvalue weighted by molar-refractivity contribution is 7.89. The number of benzene rings is 3. The first-order valence-electron chi connectivity index (χ1n) is 12.8. The number of rotatable bonds is 10. The molecule has 0 heterocycles. The van der Waals surface area contributed by atoms with Crippen LogP contribution in [0.25, 0.3) is 0 Å². The number of hydrogen-bond acceptors (Lipinski definition) is 4. The largest absolute Gasteiger partial charge is 0.480 e. The van der Waals surface area contributed by atoms with Crippen LogP contribution < -0.4 is 10.0 Å². The highest BCUT2D eigenvalue weighted by Crippen LogP contribution is 2.32. The Balaban J connectivity index is 1.34. The molecule has 39 heavy (non-hydrogen) atoms. The lowest BCUT2D eigenvalue weighted by molar-refractivity contribution is -0.139. The second-order valence-corrected chi connectivity index (χ2v) is 12.4. The van der Waals surface area contributed by atoms with Gasteiger partial charge in [-0.15, -0.1) is 0 Å². The van der Waals surface area contributed by atoms with Gasteiger partial charge in [0.05, 0.1) is 4.90 Å². The van der Waals surface area contributed by atoms with Gasteiger partial charge >= 0.3 is 5.97 Å². The van der Waals surface area contributed by atoms with Crippen molar-refractivity contribution < 1.29 is 23.1 Å². The van der Waals surface area contributed by atoms with Crippen molar-refractivity contribution in [2.75, 3.05) is 0 Å². The molecule has 0 radical (unpaired) electrons. The van der Waals surface area contributed by atoms with Gasteiger partial charge in [-0.2, -0.15) is 0 Å². The molecule has 1 amide bonds. The van der Waals surface area contributed by atoms with Crippen LogP contribution in [0.5, 0.6) is 0 Å². The van der Waals surface area contributed by atoms with Crippen LogP contribution in [0, 0.1) is 0 Å². The van der Waals surface area contributed by atoms with E-state index in [0.29, 0.717) is 11.5 Å². The van der Waals surface area contributed by atoms with E-state index in [9.17, 15) is 23.1 Å². The Bertz CT molecular complexity index is 1400. The number of carboxylic acids is 1. The highest BCUT2D eigenvalue weighted by Gasteiger charge is 2.22. The lowest BCUT2D eigenvalue weighted by Crippen LogP contribution is -2.42. The summed E-state index contributed by atoms with van der Waals surface area (Å²) in [5.41, 5.74) is 3.00. The van der Waals surface area contributed by atoms with E-state index in [2.05, 4.69) is 22.2 Å². The molecule has 206 valence electrons. The summed E-state index contributed by atoms with van der Waals surface area (Å²) in [5.74, 6) is -1.08. The molecule has 0 aliphatic heterocycles. The van der Waals surface area contributed by atoms with Crippen molar-refractivity contribution in [3.05, 3.63) is 99.0 Å². The smallest absolute Gasteiger partial charge is 0.326 e. The minimum absolute atomic E-state index is 0.0248. The van der Waals surface area contributed by atoms with Gasteiger partial charge in [0.25, 0.3) is 5.91 Å². The van der Waals surface area contributed by atoms with E-state index >= 15 is 0 Å². The van der Waals surface area contributed by atoms with Crippen molar-refractivity contribution in [3.63, 3.8) is 0 Å². The Labute approximate surface area is 238 Å². The summed E-state index contributed by atoms with van der Waals surface area (Å²) in [6.45, 7) is -0.0248. The maximum absolute atomic E-state index is 12.8. The van der Waals surface area contributed by atoms with Crippen LogP contribution in [0.3, 0.4) is 0 Å². The molecular formula is C29H30Cl2N2O5S. The van der Waals surface area contributed by atoms with Gasteiger partial charge < -0.3 is 10.4 Å². The fourth-order valence-corrected chi connectivity index (χ4v) is 6.50. The molecule has 3 aromatic rings. The summed E-state index contributed by atoms with van der Waals surface area (Å²) < 4.78 is 27.6. The predicted octanol–water partition coefficient (Wildman–Crippen LogP) is 5.95. The zero-order chi connectivity index (χ0) is 28.0. The summed E-state index contributed by atoms with van der Waals surface area (Å²) in [7, 11) is -3.86. The number of aliphatic carboxylic acids is 1. The Morgan fingerprint density at radius 3 is 2.05 bits per heavy atom. The molecule has 1 aliphatic carbocycles. The van der Waals surface area contributed by atoms with Gasteiger partial charge in [0.2, 0.25) is 10.0 Å². The molecule has 7 nitrogen and oxygen atoms in total. The van der Waals surface area contributed by atoms with Gasteiger partial charge in [-0.3, -0.25) is 4.79 Å². The van der Waals surface area contributed by atoms with E-state index in [1.807, 2.05) is 12.1 Å². The Kier molecular flexibility index (Phi) is 9.67. The van der Waals surface area contributed by atoms with E-state index < -0.39 is 27.9 Å². The first-order chi connectivity index (χ1) is 18.6. The summed E-state index contributed by atoms with van der Waals surface area (Å²) in [4.78, 5) is 24.6. The fraction of sp³-hybridized carbons (Fsp3) is 0.310. The molecule has 1 saturated carbocycles. The van der Waals surface area contributed by atoms with Crippen molar-refractivity contribution in [2.45, 2.75) is 61.9 Å². The SMILES string of the molecule is O=C(N[C@@H](Cc1ccc(C2CCCCC2)cc1)C(=O)O)c1ccc(CNS(=O)(=O)c2cc(Cl)cc(Cl)c2)cc1. The zero-order valence-electron chi connectivity index (χ0n) is 21.2. The number of carbonyl (C=O) groups is 2. The van der Waals surface area contributed by atoms with Crippen molar-refractivity contribution >= 4 is 45.1 Å². The first kappa shape index (κ1) is 29.1. The number of carbonyl (C=O) groups excluding carboxylic acids is 1. The number of carboxylic acid groups (broad SMARTS) is 1. The first-order valence-corrected chi connectivity index (χ1v) is 15.0. The van der Waals surface area contributed by atoms with Gasteiger partial charge in [0.15, 0.2) is 0 Å². The monoisotopic (exact) mass is 588 g/mol. The molecule has 4 rings (SSSR count). The molecule has 1 fully saturated rings. The van der Waals surface area contributed by atoms with Gasteiger partial charge in [0.1, 0.15) is 6.04 Å². The quantitative estimate of drug-likeness (QED) is 0.271. The Hall–Kier alpha value is -2.91. The van der Waals surface area contributed by atoms with Gasteiger partial charge in [-0.25, -0.2) is 17.9 Å². The third-order valence-corrected chi connectivity index (χ3v) is 8.75. The number of halogens is 2. The zero-order valence-corrected chi connectivity index (χ0v) is 23.5. The lowest BCUT2D eigenvalue weighted by atomic mass is 9.84. The third-order valence-electron chi connectivity index (χ3n) is 6.93. The molecule has 3 aromatic carbocycles. The standard InChI is InChI=1S/C29H30Cl2N2O5S/c30-24-15-25(31)17-26(16-24)39(37,38)32-18-20-8-12-23(13-9-20)28(34)33-27(29(35)36)14-19-6-10-22(11-7-19)21-4-2-1-3-5-21/h6-13,15-17,21,27,32H,1-5,14,18H2,(H,33,34)(H,35,36)/t27-/m0/s1. The van der Waals surface area contributed by atoms with E-state index in [1.54, 1.807) is 12.1 Å². The average Bonchev–Trinajstić information content (AvgIpc) is 2.92. The van der Waals surface area contributed by atoms with Gasteiger partial charge in [-0.1, -0.05) is 78.9 Å². The maximum atomic E-state index is 12.8. The van der Waals surface area contributed by atoms with Gasteiger partial charge in [-0.05, 0) is 65.8 Å². The Morgan fingerprint density at radius 2 is 1.46 bits per heavy atom. The second-order valence-electron chi connectivity index (χ2n) is 9.77. The fourth-order valence-electron chi connectivity index (χ4n) is 4.76. The molecule has 0 aromatic heterocycles. The number of sulfonamides is 1. The minimum atomic E-state index is -3.86. The van der Waals surface area contributed by atoms with Crippen molar-refractivity contribution in [2.24, 2.45) is 0 Å². The molecule has 1 aliphatic rings.